The minimum Gasteiger partial charge on any atom is -0.317 e. The Hall–Kier alpha value is -0.450. The molecule has 18 heavy (non-hydrogen) atoms. The van der Waals surface area contributed by atoms with E-state index in [1.165, 1.54) is 41.3 Å². The van der Waals surface area contributed by atoms with Crippen LogP contribution >= 0.6 is 11.3 Å². The SMILES string of the molecule is CNC1CCC(N(C)Cc2nc(C)c(C)s2)CC1. The van der Waals surface area contributed by atoms with Crippen LogP contribution in [-0.2, 0) is 6.54 Å². The molecule has 0 saturated heterocycles. The monoisotopic (exact) mass is 267 g/mol. The van der Waals surface area contributed by atoms with Gasteiger partial charge in [-0.25, -0.2) is 4.98 Å². The molecule has 2 rings (SSSR count). The smallest absolute Gasteiger partial charge is 0.107 e. The fourth-order valence-electron chi connectivity index (χ4n) is 2.75. The van der Waals surface area contributed by atoms with E-state index in [2.05, 4.69) is 43.1 Å². The van der Waals surface area contributed by atoms with E-state index >= 15 is 0 Å². The Kier molecular flexibility index (Phi) is 4.76. The Labute approximate surface area is 115 Å². The number of nitrogens with one attached hydrogen (secondary N) is 1. The number of rotatable bonds is 4. The van der Waals surface area contributed by atoms with Gasteiger partial charge in [0.1, 0.15) is 5.01 Å². The molecule has 0 aliphatic heterocycles. The average molecular weight is 267 g/mol. The average Bonchev–Trinajstić information content (AvgIpc) is 2.68. The number of nitrogens with zero attached hydrogens (tertiary/aromatic N) is 2. The third kappa shape index (κ3) is 3.31. The first-order chi connectivity index (χ1) is 8.60. The van der Waals surface area contributed by atoms with Crippen molar-refractivity contribution in [2.75, 3.05) is 14.1 Å². The van der Waals surface area contributed by atoms with Gasteiger partial charge in [-0.3, -0.25) is 4.90 Å². The van der Waals surface area contributed by atoms with E-state index in [0.29, 0.717) is 0 Å². The van der Waals surface area contributed by atoms with Gasteiger partial charge in [-0.05, 0) is 53.6 Å². The van der Waals surface area contributed by atoms with Gasteiger partial charge in [-0.1, -0.05) is 0 Å². The van der Waals surface area contributed by atoms with Crippen molar-refractivity contribution >= 4 is 11.3 Å². The molecule has 1 aliphatic carbocycles. The van der Waals surface area contributed by atoms with Crippen molar-refractivity contribution in [2.45, 2.75) is 58.2 Å². The molecular formula is C14H25N3S. The van der Waals surface area contributed by atoms with Gasteiger partial charge in [0, 0.05) is 17.0 Å². The first-order valence-corrected chi connectivity index (χ1v) is 7.72. The van der Waals surface area contributed by atoms with E-state index in [0.717, 1.165) is 18.6 Å². The van der Waals surface area contributed by atoms with Gasteiger partial charge in [0.15, 0.2) is 0 Å². The highest BCUT2D eigenvalue weighted by atomic mass is 32.1. The molecule has 1 fully saturated rings. The molecule has 1 N–H and O–H groups in total. The van der Waals surface area contributed by atoms with Gasteiger partial charge in [-0.15, -0.1) is 11.3 Å². The Morgan fingerprint density at radius 1 is 1.28 bits per heavy atom. The van der Waals surface area contributed by atoms with E-state index in [9.17, 15) is 0 Å². The Balaban J connectivity index is 1.86. The molecule has 1 aromatic heterocycles. The molecule has 3 nitrogen and oxygen atoms in total. The van der Waals surface area contributed by atoms with Gasteiger partial charge in [0.25, 0.3) is 0 Å². The lowest BCUT2D eigenvalue weighted by Gasteiger charge is -2.34. The van der Waals surface area contributed by atoms with Gasteiger partial charge in [-0.2, -0.15) is 0 Å². The quantitative estimate of drug-likeness (QED) is 0.909. The zero-order valence-corrected chi connectivity index (χ0v) is 12.8. The summed E-state index contributed by atoms with van der Waals surface area (Å²) in [5.41, 5.74) is 1.20. The van der Waals surface area contributed by atoms with E-state index in [1.54, 1.807) is 0 Å². The summed E-state index contributed by atoms with van der Waals surface area (Å²) in [6, 6.07) is 1.47. The lowest BCUT2D eigenvalue weighted by Crippen LogP contribution is -2.39. The Morgan fingerprint density at radius 3 is 2.44 bits per heavy atom. The molecule has 1 heterocycles. The highest BCUT2D eigenvalue weighted by molar-refractivity contribution is 7.11. The highest BCUT2D eigenvalue weighted by Crippen LogP contribution is 2.25. The Morgan fingerprint density at radius 2 is 1.94 bits per heavy atom. The summed E-state index contributed by atoms with van der Waals surface area (Å²) in [6.45, 7) is 5.27. The van der Waals surface area contributed by atoms with Gasteiger partial charge >= 0.3 is 0 Å². The van der Waals surface area contributed by atoms with Crippen molar-refractivity contribution in [3.05, 3.63) is 15.6 Å². The fourth-order valence-corrected chi connectivity index (χ4v) is 3.75. The van der Waals surface area contributed by atoms with Crippen LogP contribution < -0.4 is 5.32 Å². The predicted molar refractivity (Wildman–Crippen MR) is 78.2 cm³/mol. The van der Waals surface area contributed by atoms with Crippen molar-refractivity contribution < 1.29 is 0 Å². The van der Waals surface area contributed by atoms with Crippen LogP contribution in [-0.4, -0.2) is 36.1 Å². The zero-order chi connectivity index (χ0) is 13.1. The van der Waals surface area contributed by atoms with E-state index in [1.807, 2.05) is 11.3 Å². The molecule has 1 aromatic rings. The number of thiazole rings is 1. The summed E-state index contributed by atoms with van der Waals surface area (Å²) >= 11 is 1.85. The minimum atomic E-state index is 0.735. The lowest BCUT2D eigenvalue weighted by molar-refractivity contribution is 0.170. The van der Waals surface area contributed by atoms with Crippen molar-refractivity contribution in [3.8, 4) is 0 Å². The lowest BCUT2D eigenvalue weighted by atomic mass is 9.90. The molecule has 1 saturated carbocycles. The number of aryl methyl sites for hydroxylation is 2. The molecule has 0 unspecified atom stereocenters. The van der Waals surface area contributed by atoms with Crippen molar-refractivity contribution in [2.24, 2.45) is 0 Å². The van der Waals surface area contributed by atoms with Crippen LogP contribution in [0.3, 0.4) is 0 Å². The number of hydrogen-bond acceptors (Lipinski definition) is 4. The van der Waals surface area contributed by atoms with Crippen molar-refractivity contribution in [1.82, 2.24) is 15.2 Å². The van der Waals surface area contributed by atoms with Gasteiger partial charge in [0.05, 0.1) is 12.2 Å². The van der Waals surface area contributed by atoms with Gasteiger partial charge < -0.3 is 5.32 Å². The standard InChI is InChI=1S/C14H25N3S/c1-10-11(2)18-14(16-10)9-17(4)13-7-5-12(15-3)6-8-13/h12-13,15H,5-9H2,1-4H3. The van der Waals surface area contributed by atoms with Crippen LogP contribution in [0.4, 0.5) is 0 Å². The summed E-state index contributed by atoms with van der Waals surface area (Å²) in [6.07, 6.45) is 5.24. The molecule has 1 aliphatic rings. The first-order valence-electron chi connectivity index (χ1n) is 6.90. The second-order valence-electron chi connectivity index (χ2n) is 5.46. The predicted octanol–water partition coefficient (Wildman–Crippen LogP) is 2.72. The minimum absolute atomic E-state index is 0.735. The molecule has 0 radical (unpaired) electrons. The number of hydrogen-bond donors (Lipinski definition) is 1. The summed E-state index contributed by atoms with van der Waals surface area (Å²) in [5, 5.41) is 4.66. The molecular weight excluding hydrogens is 242 g/mol. The fraction of sp³-hybridized carbons (Fsp3) is 0.786. The number of aromatic nitrogens is 1. The van der Waals surface area contributed by atoms with Crippen LogP contribution in [0, 0.1) is 13.8 Å². The zero-order valence-electron chi connectivity index (χ0n) is 12.0. The molecule has 0 amide bonds. The van der Waals surface area contributed by atoms with E-state index in [4.69, 9.17) is 0 Å². The maximum atomic E-state index is 4.64. The van der Waals surface area contributed by atoms with E-state index < -0.39 is 0 Å². The van der Waals surface area contributed by atoms with Crippen LogP contribution in [0.1, 0.15) is 41.3 Å². The highest BCUT2D eigenvalue weighted by Gasteiger charge is 2.23. The van der Waals surface area contributed by atoms with Crippen LogP contribution in [0.15, 0.2) is 0 Å². The molecule has 4 heteroatoms. The second-order valence-corrected chi connectivity index (χ2v) is 6.75. The van der Waals surface area contributed by atoms with Crippen LogP contribution in [0.5, 0.6) is 0 Å². The van der Waals surface area contributed by atoms with Crippen LogP contribution in [0.2, 0.25) is 0 Å². The third-order valence-corrected chi connectivity index (χ3v) is 5.24. The Bertz CT molecular complexity index is 361. The third-order valence-electron chi connectivity index (χ3n) is 4.19. The van der Waals surface area contributed by atoms with E-state index in [-0.39, 0.29) is 0 Å². The normalized spacial score (nSPS) is 24.7. The van der Waals surface area contributed by atoms with Gasteiger partial charge in [0.2, 0.25) is 0 Å². The second kappa shape index (κ2) is 6.13. The van der Waals surface area contributed by atoms with Crippen LogP contribution in [0.25, 0.3) is 0 Å². The maximum Gasteiger partial charge on any atom is 0.107 e. The summed E-state index contributed by atoms with van der Waals surface area (Å²) < 4.78 is 0. The molecule has 0 spiro atoms. The molecule has 0 atom stereocenters. The summed E-state index contributed by atoms with van der Waals surface area (Å²) in [5.74, 6) is 0. The topological polar surface area (TPSA) is 28.2 Å². The molecule has 102 valence electrons. The first kappa shape index (κ1) is 14.0. The molecule has 0 bridgehead atoms. The van der Waals surface area contributed by atoms with Crippen molar-refractivity contribution in [1.29, 1.82) is 0 Å². The largest absolute Gasteiger partial charge is 0.317 e. The maximum absolute atomic E-state index is 4.64. The molecule has 0 aromatic carbocycles. The summed E-state index contributed by atoms with van der Waals surface area (Å²) in [7, 11) is 4.33. The van der Waals surface area contributed by atoms with Crippen molar-refractivity contribution in [3.63, 3.8) is 0 Å². The summed E-state index contributed by atoms with van der Waals surface area (Å²) in [4.78, 5) is 8.49.